The molecule has 4 nitrogen and oxygen atoms in total. The van der Waals surface area contributed by atoms with Crippen LogP contribution >= 0.6 is 0 Å². The van der Waals surface area contributed by atoms with Gasteiger partial charge in [0.2, 0.25) is 0 Å². The second-order valence-corrected chi connectivity index (χ2v) is 12.7. The lowest BCUT2D eigenvalue weighted by Crippen LogP contribution is -2.34. The summed E-state index contributed by atoms with van der Waals surface area (Å²) in [6.45, 7) is 19.4. The maximum atomic E-state index is 13.6. The van der Waals surface area contributed by atoms with Gasteiger partial charge in [0.1, 0.15) is 0 Å². The van der Waals surface area contributed by atoms with Crippen molar-refractivity contribution >= 4 is 15.7 Å². The minimum absolute atomic E-state index is 0.0244. The van der Waals surface area contributed by atoms with E-state index in [1.54, 1.807) is 0 Å². The molecular weight excluding hydrogens is 392 g/mol. The first-order valence-electron chi connectivity index (χ1n) is 11.5. The second-order valence-electron chi connectivity index (χ2n) is 11.1. The van der Waals surface area contributed by atoms with Crippen LogP contribution in [0, 0.1) is 16.7 Å². The lowest BCUT2D eigenvalue weighted by atomic mass is 9.70. The third kappa shape index (κ3) is 3.61. The van der Waals surface area contributed by atoms with Crippen molar-refractivity contribution in [1.82, 2.24) is 4.83 Å². The number of hydrazone groups is 1. The van der Waals surface area contributed by atoms with Crippen LogP contribution in [0.1, 0.15) is 116 Å². The summed E-state index contributed by atoms with van der Waals surface area (Å²) in [5.41, 5.74) is 4.12. The number of benzene rings is 1. The van der Waals surface area contributed by atoms with E-state index in [0.717, 1.165) is 29.7 Å². The van der Waals surface area contributed by atoms with Crippen LogP contribution in [-0.2, 0) is 10.0 Å². The van der Waals surface area contributed by atoms with Gasteiger partial charge in [-0.15, -0.1) is 0 Å². The van der Waals surface area contributed by atoms with E-state index in [2.05, 4.69) is 84.4 Å². The minimum Gasteiger partial charge on any atom is -0.200 e. The van der Waals surface area contributed by atoms with E-state index < -0.39 is 10.0 Å². The summed E-state index contributed by atoms with van der Waals surface area (Å²) >= 11 is 0. The van der Waals surface area contributed by atoms with Crippen molar-refractivity contribution in [1.29, 1.82) is 0 Å². The molecule has 0 aromatic heterocycles. The first-order chi connectivity index (χ1) is 13.7. The molecule has 2 saturated carbocycles. The molecule has 3 rings (SSSR count). The van der Waals surface area contributed by atoms with Gasteiger partial charge >= 0.3 is 0 Å². The smallest absolute Gasteiger partial charge is 0.200 e. The van der Waals surface area contributed by atoms with Crippen molar-refractivity contribution in [3.05, 3.63) is 28.8 Å². The van der Waals surface area contributed by atoms with Crippen LogP contribution in [0.3, 0.4) is 0 Å². The predicted molar refractivity (Wildman–Crippen MR) is 126 cm³/mol. The van der Waals surface area contributed by atoms with Crippen LogP contribution in [0.4, 0.5) is 0 Å². The zero-order valence-corrected chi connectivity index (χ0v) is 21.1. The first kappa shape index (κ1) is 23.3. The summed E-state index contributed by atoms with van der Waals surface area (Å²) < 4.78 is 27.1. The topological polar surface area (TPSA) is 58.5 Å². The van der Waals surface area contributed by atoms with Crippen LogP contribution in [-0.4, -0.2) is 14.1 Å². The lowest BCUT2D eigenvalue weighted by Gasteiger charge is -2.34. The second kappa shape index (κ2) is 7.65. The molecule has 0 aliphatic heterocycles. The average Bonchev–Trinajstić information content (AvgIpc) is 2.98. The van der Waals surface area contributed by atoms with Crippen molar-refractivity contribution in [2.75, 3.05) is 0 Å². The van der Waals surface area contributed by atoms with Gasteiger partial charge in [-0.25, -0.2) is 4.83 Å². The first-order valence-corrected chi connectivity index (χ1v) is 13.0. The van der Waals surface area contributed by atoms with Gasteiger partial charge < -0.3 is 0 Å². The summed E-state index contributed by atoms with van der Waals surface area (Å²) in [6.07, 6.45) is 3.19. The highest BCUT2D eigenvalue weighted by molar-refractivity contribution is 7.89. The van der Waals surface area contributed by atoms with Gasteiger partial charge in [-0.2, -0.15) is 13.5 Å². The standard InChI is InChI=1S/C25H40N2O2S/c1-15(2)18-12-20(16(3)4)23(21(13-18)17(5)6)30(28,29)27-26-22-14-19-10-11-25(22,9)24(19,7)8/h12-13,15-17,19,27H,10-11,14H2,1-9H3/b26-22+. The van der Waals surface area contributed by atoms with Gasteiger partial charge in [0.15, 0.2) is 0 Å². The number of hydrogen-bond acceptors (Lipinski definition) is 3. The average molecular weight is 433 g/mol. The molecule has 2 aliphatic rings. The van der Waals surface area contributed by atoms with E-state index in [1.807, 2.05) is 0 Å². The fourth-order valence-electron chi connectivity index (χ4n) is 5.46. The van der Waals surface area contributed by atoms with Gasteiger partial charge in [0.25, 0.3) is 10.0 Å². The Kier molecular flexibility index (Phi) is 5.94. The largest absolute Gasteiger partial charge is 0.277 e. The summed E-state index contributed by atoms with van der Waals surface area (Å²) in [7, 11) is -3.76. The highest BCUT2D eigenvalue weighted by Crippen LogP contribution is 2.63. The van der Waals surface area contributed by atoms with Gasteiger partial charge in [-0.1, -0.05) is 74.4 Å². The van der Waals surface area contributed by atoms with Gasteiger partial charge in [0.05, 0.1) is 4.90 Å². The van der Waals surface area contributed by atoms with E-state index >= 15 is 0 Å². The molecule has 5 heteroatoms. The molecule has 2 aliphatic carbocycles. The van der Waals surface area contributed by atoms with Gasteiger partial charge in [-0.3, -0.25) is 0 Å². The molecule has 2 unspecified atom stereocenters. The molecule has 0 spiro atoms. The zero-order chi connectivity index (χ0) is 22.6. The molecule has 0 saturated heterocycles. The van der Waals surface area contributed by atoms with E-state index in [-0.39, 0.29) is 22.7 Å². The number of fused-ring (bicyclic) bond motifs is 2. The number of nitrogens with one attached hydrogen (secondary N) is 1. The minimum atomic E-state index is -3.76. The summed E-state index contributed by atoms with van der Waals surface area (Å²) in [5, 5.41) is 4.56. The molecule has 2 atom stereocenters. The van der Waals surface area contributed by atoms with E-state index in [1.165, 1.54) is 12.0 Å². The predicted octanol–water partition coefficient (Wildman–Crippen LogP) is 6.54. The van der Waals surface area contributed by atoms with E-state index in [0.29, 0.717) is 16.7 Å². The molecule has 1 aromatic carbocycles. The molecule has 168 valence electrons. The van der Waals surface area contributed by atoms with E-state index in [4.69, 9.17) is 0 Å². The quantitative estimate of drug-likeness (QED) is 0.519. The molecule has 0 amide bonds. The van der Waals surface area contributed by atoms with Gasteiger partial charge in [0, 0.05) is 11.1 Å². The maximum Gasteiger partial charge on any atom is 0.277 e. The third-order valence-corrected chi connectivity index (χ3v) is 9.50. The Labute approximate surface area is 184 Å². The number of nitrogens with zero attached hydrogens (tertiary/aromatic N) is 1. The van der Waals surface area contributed by atoms with Crippen molar-refractivity contribution in [2.24, 2.45) is 21.8 Å². The summed E-state index contributed by atoms with van der Waals surface area (Å²) in [4.78, 5) is 3.09. The van der Waals surface area contributed by atoms with Crippen LogP contribution in [0.25, 0.3) is 0 Å². The highest BCUT2D eigenvalue weighted by Gasteiger charge is 2.60. The third-order valence-electron chi connectivity index (χ3n) is 8.16. The van der Waals surface area contributed by atoms with Crippen molar-refractivity contribution < 1.29 is 8.42 Å². The Morgan fingerprint density at radius 3 is 1.87 bits per heavy atom. The normalized spacial score (nSPS) is 27.1. The summed E-state index contributed by atoms with van der Waals surface area (Å²) in [6, 6.07) is 4.15. The molecule has 0 radical (unpaired) electrons. The molecular formula is C25H40N2O2S. The maximum absolute atomic E-state index is 13.6. The lowest BCUT2D eigenvalue weighted by molar-refractivity contribution is 0.193. The molecule has 0 heterocycles. The van der Waals surface area contributed by atoms with Gasteiger partial charge in [-0.05, 0) is 65.0 Å². The number of sulfonamides is 1. The van der Waals surface area contributed by atoms with Crippen LogP contribution in [0.15, 0.2) is 22.1 Å². The Hall–Kier alpha value is -1.36. The van der Waals surface area contributed by atoms with Crippen LogP contribution in [0.2, 0.25) is 0 Å². The Bertz CT molecular complexity index is 928. The zero-order valence-electron chi connectivity index (χ0n) is 20.3. The van der Waals surface area contributed by atoms with Crippen molar-refractivity contribution in [3.8, 4) is 0 Å². The van der Waals surface area contributed by atoms with Crippen LogP contribution in [0.5, 0.6) is 0 Å². The molecule has 2 bridgehead atoms. The SMILES string of the molecule is CC(C)c1cc(C(C)C)c(S(=O)(=O)N/N=C2\CC3CCC2(C)C3(C)C)c(C(C)C)c1. The molecule has 30 heavy (non-hydrogen) atoms. The Morgan fingerprint density at radius 2 is 1.50 bits per heavy atom. The molecule has 2 fully saturated rings. The highest BCUT2D eigenvalue weighted by atomic mass is 32.2. The molecule has 1 aromatic rings. The number of hydrogen-bond donors (Lipinski definition) is 1. The Balaban J connectivity index is 2.07. The Morgan fingerprint density at radius 1 is 0.967 bits per heavy atom. The van der Waals surface area contributed by atoms with E-state index in [9.17, 15) is 8.42 Å². The fraction of sp³-hybridized carbons (Fsp3) is 0.720. The van der Waals surface area contributed by atoms with Crippen molar-refractivity contribution in [2.45, 2.75) is 104 Å². The summed E-state index contributed by atoms with van der Waals surface area (Å²) in [5.74, 6) is 1.16. The van der Waals surface area contributed by atoms with Crippen LogP contribution < -0.4 is 4.83 Å². The monoisotopic (exact) mass is 432 g/mol. The molecule has 1 N–H and O–H groups in total. The fourth-order valence-corrected chi connectivity index (χ4v) is 6.99. The van der Waals surface area contributed by atoms with Crippen molar-refractivity contribution in [3.63, 3.8) is 0 Å². The number of rotatable bonds is 6.